The molecule has 0 unspecified atom stereocenters. The van der Waals surface area contributed by atoms with Crippen LogP contribution in [0.3, 0.4) is 0 Å². The quantitative estimate of drug-likeness (QED) is 0.450. The minimum atomic E-state index is 0.773. The summed E-state index contributed by atoms with van der Waals surface area (Å²) >= 11 is 6.02. The molecule has 0 amide bonds. The lowest BCUT2D eigenvalue weighted by molar-refractivity contribution is 0.246. The molecule has 2 saturated carbocycles. The SMILES string of the molecule is CC/C=C/[C@H]1CC[C@H](CC[C@H]2CC[C@H](c3ccc(Cl)cc3)CC2)CC1. The first kappa shape index (κ1) is 19.0. The number of rotatable bonds is 6. The van der Waals surface area contributed by atoms with Crippen LogP contribution in [0.5, 0.6) is 0 Å². The zero-order chi connectivity index (χ0) is 17.5. The van der Waals surface area contributed by atoms with Crippen LogP contribution in [0, 0.1) is 17.8 Å². The molecule has 0 saturated heterocycles. The van der Waals surface area contributed by atoms with Crippen LogP contribution in [0.2, 0.25) is 5.02 Å². The molecular weight excluding hydrogens is 324 g/mol. The van der Waals surface area contributed by atoms with E-state index in [1.54, 1.807) is 0 Å². The fourth-order valence-corrected chi connectivity index (χ4v) is 5.11. The third-order valence-corrected chi connectivity index (χ3v) is 6.96. The van der Waals surface area contributed by atoms with Gasteiger partial charge >= 0.3 is 0 Å². The Morgan fingerprint density at radius 2 is 1.40 bits per heavy atom. The Bertz CT molecular complexity index is 514. The highest BCUT2D eigenvalue weighted by Gasteiger charge is 2.24. The van der Waals surface area contributed by atoms with Crippen molar-refractivity contribution in [2.45, 2.75) is 83.5 Å². The van der Waals surface area contributed by atoms with E-state index in [-0.39, 0.29) is 0 Å². The van der Waals surface area contributed by atoms with Crippen LogP contribution in [0.4, 0.5) is 0 Å². The molecule has 0 spiro atoms. The van der Waals surface area contributed by atoms with Crippen molar-refractivity contribution in [1.82, 2.24) is 0 Å². The van der Waals surface area contributed by atoms with E-state index in [2.05, 4.69) is 43.3 Å². The molecular formula is C24H35Cl. The molecule has 0 aliphatic heterocycles. The molecule has 0 radical (unpaired) electrons. The van der Waals surface area contributed by atoms with Crippen LogP contribution < -0.4 is 0 Å². The highest BCUT2D eigenvalue weighted by molar-refractivity contribution is 6.30. The molecule has 2 aliphatic carbocycles. The van der Waals surface area contributed by atoms with Gasteiger partial charge in [-0.3, -0.25) is 0 Å². The van der Waals surface area contributed by atoms with E-state index in [1.165, 1.54) is 76.2 Å². The number of allylic oxidation sites excluding steroid dienone is 2. The molecule has 3 rings (SSSR count). The molecule has 138 valence electrons. The first-order chi connectivity index (χ1) is 12.2. The topological polar surface area (TPSA) is 0 Å². The van der Waals surface area contributed by atoms with E-state index in [0.717, 1.165) is 28.7 Å². The van der Waals surface area contributed by atoms with E-state index < -0.39 is 0 Å². The van der Waals surface area contributed by atoms with Gasteiger partial charge < -0.3 is 0 Å². The third-order valence-electron chi connectivity index (χ3n) is 6.71. The monoisotopic (exact) mass is 358 g/mol. The van der Waals surface area contributed by atoms with Crippen LogP contribution in [-0.4, -0.2) is 0 Å². The van der Waals surface area contributed by atoms with E-state index >= 15 is 0 Å². The zero-order valence-electron chi connectivity index (χ0n) is 15.9. The molecule has 0 heterocycles. The predicted octanol–water partition coefficient (Wildman–Crippen LogP) is 8.17. The van der Waals surface area contributed by atoms with Crippen LogP contribution in [0.15, 0.2) is 36.4 Å². The molecule has 1 heteroatoms. The fourth-order valence-electron chi connectivity index (χ4n) is 4.99. The molecule has 25 heavy (non-hydrogen) atoms. The van der Waals surface area contributed by atoms with Crippen molar-refractivity contribution in [3.63, 3.8) is 0 Å². The molecule has 0 aromatic heterocycles. The van der Waals surface area contributed by atoms with Gasteiger partial charge in [0.15, 0.2) is 0 Å². The van der Waals surface area contributed by atoms with Crippen molar-refractivity contribution < 1.29 is 0 Å². The lowest BCUT2D eigenvalue weighted by Gasteiger charge is -2.31. The van der Waals surface area contributed by atoms with Crippen molar-refractivity contribution in [3.05, 3.63) is 47.0 Å². The van der Waals surface area contributed by atoms with Crippen LogP contribution >= 0.6 is 11.6 Å². The smallest absolute Gasteiger partial charge is 0.0406 e. The van der Waals surface area contributed by atoms with Crippen molar-refractivity contribution in [3.8, 4) is 0 Å². The van der Waals surface area contributed by atoms with Crippen LogP contribution in [0.25, 0.3) is 0 Å². The van der Waals surface area contributed by atoms with Crippen LogP contribution in [0.1, 0.15) is 89.0 Å². The van der Waals surface area contributed by atoms with Gasteiger partial charge in [-0.15, -0.1) is 0 Å². The number of benzene rings is 1. The standard InChI is InChI=1S/C24H35Cl/c1-2-3-4-19-5-7-20(8-6-19)9-10-21-11-13-22(14-12-21)23-15-17-24(25)18-16-23/h3-4,15-22H,2,5-14H2,1H3/b4-3+/t19-,20-,21-,22-. The molecule has 2 fully saturated rings. The van der Waals surface area contributed by atoms with Gasteiger partial charge in [0.2, 0.25) is 0 Å². The summed E-state index contributed by atoms with van der Waals surface area (Å²) in [5.74, 6) is 3.65. The van der Waals surface area contributed by atoms with Gasteiger partial charge in [-0.1, -0.05) is 55.7 Å². The first-order valence-corrected chi connectivity index (χ1v) is 11.0. The largest absolute Gasteiger partial charge is 0.0885 e. The highest BCUT2D eigenvalue weighted by atomic mass is 35.5. The van der Waals surface area contributed by atoms with E-state index in [9.17, 15) is 0 Å². The number of hydrogen-bond donors (Lipinski definition) is 0. The fraction of sp³-hybridized carbons (Fsp3) is 0.667. The lowest BCUT2D eigenvalue weighted by Crippen LogP contribution is -2.17. The third kappa shape index (κ3) is 5.88. The van der Waals surface area contributed by atoms with E-state index in [1.807, 2.05) is 0 Å². The number of hydrogen-bond acceptors (Lipinski definition) is 0. The summed E-state index contributed by atoms with van der Waals surface area (Å²) in [6, 6.07) is 8.57. The number of halogens is 1. The Morgan fingerprint density at radius 3 is 1.96 bits per heavy atom. The van der Waals surface area contributed by atoms with Crippen molar-refractivity contribution in [1.29, 1.82) is 0 Å². The lowest BCUT2D eigenvalue weighted by atomic mass is 9.74. The summed E-state index contributed by atoms with van der Waals surface area (Å²) in [7, 11) is 0. The van der Waals surface area contributed by atoms with Crippen molar-refractivity contribution >= 4 is 11.6 Å². The predicted molar refractivity (Wildman–Crippen MR) is 110 cm³/mol. The molecule has 0 N–H and O–H groups in total. The summed E-state index contributed by atoms with van der Waals surface area (Å²) in [4.78, 5) is 0. The summed E-state index contributed by atoms with van der Waals surface area (Å²) < 4.78 is 0. The second kappa shape index (κ2) is 9.81. The minimum absolute atomic E-state index is 0.773. The molecule has 1 aromatic rings. The maximum absolute atomic E-state index is 6.02. The van der Waals surface area contributed by atoms with Gasteiger partial charge in [0.05, 0.1) is 0 Å². The van der Waals surface area contributed by atoms with Crippen molar-refractivity contribution in [2.24, 2.45) is 17.8 Å². The van der Waals surface area contributed by atoms with E-state index in [0.29, 0.717) is 0 Å². The normalized spacial score (nSPS) is 30.6. The van der Waals surface area contributed by atoms with Gasteiger partial charge in [-0.25, -0.2) is 0 Å². The van der Waals surface area contributed by atoms with Gasteiger partial charge in [0.1, 0.15) is 0 Å². The van der Waals surface area contributed by atoms with Gasteiger partial charge in [-0.2, -0.15) is 0 Å². The van der Waals surface area contributed by atoms with Gasteiger partial charge in [0, 0.05) is 5.02 Å². The Labute approximate surface area is 160 Å². The second-order valence-electron chi connectivity index (χ2n) is 8.46. The average Bonchev–Trinajstić information content (AvgIpc) is 2.67. The Hall–Kier alpha value is -0.750. The summed E-state index contributed by atoms with van der Waals surface area (Å²) in [5.41, 5.74) is 1.50. The van der Waals surface area contributed by atoms with Crippen molar-refractivity contribution in [2.75, 3.05) is 0 Å². The molecule has 0 nitrogen and oxygen atoms in total. The minimum Gasteiger partial charge on any atom is -0.0885 e. The zero-order valence-corrected chi connectivity index (χ0v) is 16.7. The maximum atomic E-state index is 6.02. The van der Waals surface area contributed by atoms with Crippen LogP contribution in [-0.2, 0) is 0 Å². The van der Waals surface area contributed by atoms with Gasteiger partial charge in [0.25, 0.3) is 0 Å². The molecule has 2 aliphatic rings. The van der Waals surface area contributed by atoms with E-state index in [4.69, 9.17) is 11.6 Å². The highest BCUT2D eigenvalue weighted by Crippen LogP contribution is 2.40. The Morgan fingerprint density at radius 1 is 0.840 bits per heavy atom. The first-order valence-electron chi connectivity index (χ1n) is 10.7. The molecule has 0 atom stereocenters. The Kier molecular flexibility index (Phi) is 7.47. The summed E-state index contributed by atoms with van der Waals surface area (Å²) in [6.45, 7) is 2.24. The summed E-state index contributed by atoms with van der Waals surface area (Å²) in [6.07, 6.45) is 20.4. The Balaban J connectivity index is 1.34. The summed E-state index contributed by atoms with van der Waals surface area (Å²) in [5, 5.41) is 0.859. The second-order valence-corrected chi connectivity index (χ2v) is 8.90. The maximum Gasteiger partial charge on any atom is 0.0406 e. The van der Waals surface area contributed by atoms with Gasteiger partial charge in [-0.05, 0) is 99.2 Å². The molecule has 1 aromatic carbocycles. The average molecular weight is 359 g/mol. The molecule has 0 bridgehead atoms.